The first-order valence-electron chi connectivity index (χ1n) is 5.22. The maximum atomic E-state index is 12.8. The molecule has 2 aromatic rings. The Kier molecular flexibility index (Phi) is 3.34. The fourth-order valence-corrected chi connectivity index (χ4v) is 1.75. The monoisotopic (exact) mass is 267 g/mol. The lowest BCUT2D eigenvalue weighted by Crippen LogP contribution is -2.21. The van der Waals surface area contributed by atoms with Gasteiger partial charge < -0.3 is 4.90 Å². The predicted molar refractivity (Wildman–Crippen MR) is 66.5 cm³/mol. The van der Waals surface area contributed by atoms with Gasteiger partial charge in [-0.1, -0.05) is 11.6 Å². The van der Waals surface area contributed by atoms with Crippen LogP contribution in [0.3, 0.4) is 0 Å². The first-order valence-corrected chi connectivity index (χ1v) is 5.59. The van der Waals surface area contributed by atoms with E-state index in [0.29, 0.717) is 11.3 Å². The van der Waals surface area contributed by atoms with Crippen molar-refractivity contribution in [3.63, 3.8) is 0 Å². The molecule has 0 radical (unpaired) electrons. The van der Waals surface area contributed by atoms with E-state index >= 15 is 0 Å². The molecule has 0 unspecified atom stereocenters. The van der Waals surface area contributed by atoms with E-state index in [0.717, 1.165) is 0 Å². The Bertz CT molecular complexity index is 578. The Morgan fingerprint density at radius 2 is 1.94 bits per heavy atom. The number of rotatable bonds is 2. The van der Waals surface area contributed by atoms with Crippen molar-refractivity contribution in [1.29, 1.82) is 0 Å². The molecule has 0 N–H and O–H groups in total. The Morgan fingerprint density at radius 3 is 2.50 bits per heavy atom. The third-order valence-corrected chi connectivity index (χ3v) is 2.78. The van der Waals surface area contributed by atoms with E-state index in [1.165, 1.54) is 40.0 Å². The van der Waals surface area contributed by atoms with Gasteiger partial charge >= 0.3 is 0 Å². The summed E-state index contributed by atoms with van der Waals surface area (Å²) in [6, 6.07) is 5.69. The molecule has 0 saturated carbocycles. The summed E-state index contributed by atoms with van der Waals surface area (Å²) < 4.78 is 14.2. The number of aromatic nitrogens is 2. The lowest BCUT2D eigenvalue weighted by atomic mass is 10.3. The normalized spacial score (nSPS) is 10.4. The third kappa shape index (κ3) is 2.22. The zero-order valence-electron chi connectivity index (χ0n) is 9.89. The summed E-state index contributed by atoms with van der Waals surface area (Å²) >= 11 is 6.10. The molecule has 1 heterocycles. The van der Waals surface area contributed by atoms with Gasteiger partial charge in [-0.3, -0.25) is 4.79 Å². The summed E-state index contributed by atoms with van der Waals surface area (Å²) in [6.45, 7) is 0. The quantitative estimate of drug-likeness (QED) is 0.838. The molecule has 4 nitrogen and oxygen atoms in total. The molecule has 0 aliphatic carbocycles. The zero-order valence-corrected chi connectivity index (χ0v) is 10.6. The van der Waals surface area contributed by atoms with E-state index < -0.39 is 0 Å². The highest BCUT2D eigenvalue weighted by molar-refractivity contribution is 6.33. The van der Waals surface area contributed by atoms with Crippen LogP contribution in [0.5, 0.6) is 0 Å². The van der Waals surface area contributed by atoms with E-state index in [9.17, 15) is 9.18 Å². The molecule has 1 amide bonds. The predicted octanol–water partition coefficient (Wildman–Crippen LogP) is 2.37. The lowest BCUT2D eigenvalue weighted by molar-refractivity contribution is 0.0828. The Balaban J connectivity index is 2.42. The van der Waals surface area contributed by atoms with Crippen LogP contribution in [-0.2, 0) is 0 Å². The van der Waals surface area contributed by atoms with Crippen molar-refractivity contribution in [2.24, 2.45) is 0 Å². The van der Waals surface area contributed by atoms with Crippen LogP contribution in [0.1, 0.15) is 10.4 Å². The first kappa shape index (κ1) is 12.6. The van der Waals surface area contributed by atoms with Crippen LogP contribution in [0.2, 0.25) is 5.15 Å². The molecule has 0 bridgehead atoms. The molecule has 0 atom stereocenters. The summed E-state index contributed by atoms with van der Waals surface area (Å²) in [5.41, 5.74) is 0.908. The van der Waals surface area contributed by atoms with E-state index in [-0.39, 0.29) is 16.9 Å². The maximum Gasteiger partial charge on any atom is 0.258 e. The number of hydrogen-bond donors (Lipinski definition) is 0. The van der Waals surface area contributed by atoms with Crippen molar-refractivity contribution in [1.82, 2.24) is 14.7 Å². The van der Waals surface area contributed by atoms with Crippen LogP contribution in [0.25, 0.3) is 5.69 Å². The minimum Gasteiger partial charge on any atom is -0.345 e. The van der Waals surface area contributed by atoms with Crippen LogP contribution in [0, 0.1) is 5.82 Å². The summed E-state index contributed by atoms with van der Waals surface area (Å²) in [5, 5.41) is 4.24. The highest BCUT2D eigenvalue weighted by Gasteiger charge is 2.18. The highest BCUT2D eigenvalue weighted by atomic mass is 35.5. The van der Waals surface area contributed by atoms with Gasteiger partial charge in [0.1, 0.15) is 11.0 Å². The van der Waals surface area contributed by atoms with Crippen LogP contribution >= 0.6 is 11.6 Å². The van der Waals surface area contributed by atoms with E-state index in [1.54, 1.807) is 14.1 Å². The zero-order chi connectivity index (χ0) is 13.3. The van der Waals surface area contributed by atoms with Gasteiger partial charge in [0.15, 0.2) is 0 Å². The van der Waals surface area contributed by atoms with Crippen molar-refractivity contribution in [2.75, 3.05) is 14.1 Å². The lowest BCUT2D eigenvalue weighted by Gasteiger charge is -2.09. The van der Waals surface area contributed by atoms with Gasteiger partial charge in [-0.25, -0.2) is 9.07 Å². The maximum absolute atomic E-state index is 12.8. The molecule has 1 aromatic carbocycles. The minimum absolute atomic E-state index is 0.209. The molecule has 18 heavy (non-hydrogen) atoms. The molecular weight excluding hydrogens is 257 g/mol. The first-order chi connectivity index (χ1) is 8.50. The molecule has 2 rings (SSSR count). The molecule has 0 aliphatic rings. The number of halogens is 2. The second-order valence-electron chi connectivity index (χ2n) is 3.94. The number of carbonyl (C=O) groups is 1. The fourth-order valence-electron chi connectivity index (χ4n) is 1.48. The van der Waals surface area contributed by atoms with Crippen LogP contribution in [0.15, 0.2) is 30.5 Å². The summed E-state index contributed by atoms with van der Waals surface area (Å²) in [6.07, 6.45) is 1.40. The molecule has 1 aromatic heterocycles. The summed E-state index contributed by atoms with van der Waals surface area (Å²) in [7, 11) is 3.27. The average Bonchev–Trinajstić information content (AvgIpc) is 2.71. The largest absolute Gasteiger partial charge is 0.345 e. The molecule has 0 aliphatic heterocycles. The van der Waals surface area contributed by atoms with E-state index in [4.69, 9.17) is 11.6 Å². The smallest absolute Gasteiger partial charge is 0.258 e. The Labute approximate surface area is 109 Å². The van der Waals surface area contributed by atoms with Crippen LogP contribution < -0.4 is 0 Å². The fraction of sp³-hybridized carbons (Fsp3) is 0.167. The van der Waals surface area contributed by atoms with Gasteiger partial charge in [-0.15, -0.1) is 0 Å². The molecule has 0 fully saturated rings. The van der Waals surface area contributed by atoms with Gasteiger partial charge in [0.05, 0.1) is 17.4 Å². The van der Waals surface area contributed by atoms with E-state index in [1.807, 2.05) is 0 Å². The van der Waals surface area contributed by atoms with Crippen molar-refractivity contribution in [3.05, 3.63) is 47.0 Å². The number of benzene rings is 1. The molecule has 6 heteroatoms. The molecule has 0 spiro atoms. The number of amides is 1. The number of carbonyl (C=O) groups excluding carboxylic acids is 1. The van der Waals surface area contributed by atoms with E-state index in [2.05, 4.69) is 5.10 Å². The number of nitrogens with zero attached hydrogens (tertiary/aromatic N) is 3. The van der Waals surface area contributed by atoms with Crippen LogP contribution in [0.4, 0.5) is 4.39 Å². The topological polar surface area (TPSA) is 38.1 Å². The van der Waals surface area contributed by atoms with Crippen molar-refractivity contribution >= 4 is 17.5 Å². The third-order valence-electron chi connectivity index (χ3n) is 2.42. The second-order valence-corrected chi connectivity index (χ2v) is 4.29. The van der Waals surface area contributed by atoms with Crippen molar-refractivity contribution in [2.45, 2.75) is 0 Å². The summed E-state index contributed by atoms with van der Waals surface area (Å²) in [4.78, 5) is 13.2. The van der Waals surface area contributed by atoms with Gasteiger partial charge in [0, 0.05) is 14.1 Å². The highest BCUT2D eigenvalue weighted by Crippen LogP contribution is 2.21. The molecule has 0 saturated heterocycles. The standard InChI is InChI=1S/C12H11ClFN3O/c1-16(2)12(18)10-7-15-17(11(10)13)9-5-3-8(14)4-6-9/h3-7H,1-2H3. The Morgan fingerprint density at radius 1 is 1.33 bits per heavy atom. The SMILES string of the molecule is CN(C)C(=O)c1cnn(-c2ccc(F)cc2)c1Cl. The molecule has 94 valence electrons. The number of hydrogen-bond acceptors (Lipinski definition) is 2. The summed E-state index contributed by atoms with van der Waals surface area (Å²) in [5.74, 6) is -0.569. The van der Waals surface area contributed by atoms with Crippen LogP contribution in [-0.4, -0.2) is 34.7 Å². The van der Waals surface area contributed by atoms with Gasteiger partial charge in [-0.2, -0.15) is 5.10 Å². The van der Waals surface area contributed by atoms with Gasteiger partial charge in [0.25, 0.3) is 5.91 Å². The minimum atomic E-state index is -0.341. The van der Waals surface area contributed by atoms with Gasteiger partial charge in [0.2, 0.25) is 0 Å². The Hall–Kier alpha value is -1.88. The van der Waals surface area contributed by atoms with Crippen molar-refractivity contribution < 1.29 is 9.18 Å². The second kappa shape index (κ2) is 4.78. The van der Waals surface area contributed by atoms with Gasteiger partial charge in [-0.05, 0) is 24.3 Å². The molecular formula is C12H11ClFN3O. The average molecular weight is 268 g/mol. The van der Waals surface area contributed by atoms with Crippen molar-refractivity contribution in [3.8, 4) is 5.69 Å².